The first-order chi connectivity index (χ1) is 17.9. The van der Waals surface area contributed by atoms with Crippen LogP contribution in [0.4, 0.5) is 5.69 Å². The Morgan fingerprint density at radius 1 is 0.892 bits per heavy atom. The lowest BCUT2D eigenvalue weighted by Gasteiger charge is -2.32. The molecular formula is C28H26Cl2N2O5. The summed E-state index contributed by atoms with van der Waals surface area (Å²) in [6.45, 7) is 1.63. The molecule has 0 aliphatic carbocycles. The molecule has 37 heavy (non-hydrogen) atoms. The van der Waals surface area contributed by atoms with Crippen molar-refractivity contribution in [3.05, 3.63) is 93.0 Å². The summed E-state index contributed by atoms with van der Waals surface area (Å²) in [5, 5.41) is 7.65. The number of halogens is 2. The van der Waals surface area contributed by atoms with Crippen molar-refractivity contribution >= 4 is 40.8 Å². The summed E-state index contributed by atoms with van der Waals surface area (Å²) in [7, 11) is 0. The highest BCUT2D eigenvalue weighted by Crippen LogP contribution is 2.40. The number of nitrogens with one attached hydrogen (secondary N) is 2. The van der Waals surface area contributed by atoms with Crippen molar-refractivity contribution in [2.45, 2.75) is 38.2 Å². The SMILES string of the molecule is O=C1CCC(=O)OC2(CNCCc3c2ccc(Cl)c3NCc2ccc(OCc3ccccc3)c(Cl)c2)O1. The average molecular weight is 541 g/mol. The fraction of sp³-hybridized carbons (Fsp3) is 0.286. The van der Waals surface area contributed by atoms with E-state index >= 15 is 0 Å². The zero-order valence-electron chi connectivity index (χ0n) is 20.0. The molecule has 2 aliphatic rings. The van der Waals surface area contributed by atoms with E-state index in [0.29, 0.717) is 53.2 Å². The molecule has 2 aliphatic heterocycles. The first-order valence-electron chi connectivity index (χ1n) is 12.1. The molecule has 192 valence electrons. The van der Waals surface area contributed by atoms with Crippen molar-refractivity contribution in [1.82, 2.24) is 5.32 Å². The number of hydrogen-bond acceptors (Lipinski definition) is 7. The molecule has 1 spiro atoms. The van der Waals surface area contributed by atoms with Gasteiger partial charge in [0.25, 0.3) is 5.79 Å². The Hall–Kier alpha value is -3.26. The van der Waals surface area contributed by atoms with Gasteiger partial charge in [-0.3, -0.25) is 9.59 Å². The lowest BCUT2D eigenvalue weighted by Crippen LogP contribution is -2.43. The maximum absolute atomic E-state index is 12.3. The first-order valence-corrected chi connectivity index (χ1v) is 12.8. The van der Waals surface area contributed by atoms with Gasteiger partial charge in [-0.05, 0) is 53.9 Å². The molecule has 0 unspecified atom stereocenters. The minimum Gasteiger partial charge on any atom is -0.487 e. The van der Waals surface area contributed by atoms with Gasteiger partial charge in [-0.1, -0.05) is 59.6 Å². The second-order valence-corrected chi connectivity index (χ2v) is 9.78. The summed E-state index contributed by atoms with van der Waals surface area (Å²) >= 11 is 13.1. The van der Waals surface area contributed by atoms with Gasteiger partial charge in [0.2, 0.25) is 0 Å². The van der Waals surface area contributed by atoms with Gasteiger partial charge in [-0.25, -0.2) is 0 Å². The molecule has 0 saturated carbocycles. The highest BCUT2D eigenvalue weighted by molar-refractivity contribution is 6.33. The molecule has 0 atom stereocenters. The third-order valence-corrected chi connectivity index (χ3v) is 6.99. The number of carbonyl (C=O) groups excluding carboxylic acids is 2. The van der Waals surface area contributed by atoms with Crippen molar-refractivity contribution in [2.75, 3.05) is 18.4 Å². The van der Waals surface area contributed by atoms with Crippen LogP contribution in [0.1, 0.15) is 35.1 Å². The van der Waals surface area contributed by atoms with Gasteiger partial charge < -0.3 is 24.8 Å². The predicted molar refractivity (Wildman–Crippen MR) is 141 cm³/mol. The Morgan fingerprint density at radius 2 is 1.65 bits per heavy atom. The molecule has 0 aromatic heterocycles. The number of rotatable bonds is 6. The largest absolute Gasteiger partial charge is 0.487 e. The van der Waals surface area contributed by atoms with E-state index in [4.69, 9.17) is 37.4 Å². The molecule has 1 saturated heterocycles. The van der Waals surface area contributed by atoms with Crippen LogP contribution in [0.2, 0.25) is 10.0 Å². The van der Waals surface area contributed by atoms with E-state index < -0.39 is 17.7 Å². The van der Waals surface area contributed by atoms with E-state index in [2.05, 4.69) is 10.6 Å². The van der Waals surface area contributed by atoms with Gasteiger partial charge in [0.05, 0.1) is 35.1 Å². The topological polar surface area (TPSA) is 85.9 Å². The summed E-state index contributed by atoms with van der Waals surface area (Å²) < 4.78 is 17.3. The molecular weight excluding hydrogens is 515 g/mol. The summed E-state index contributed by atoms with van der Waals surface area (Å²) in [6.07, 6.45) is 0.572. The van der Waals surface area contributed by atoms with Gasteiger partial charge >= 0.3 is 11.9 Å². The van der Waals surface area contributed by atoms with Gasteiger partial charge in [0, 0.05) is 12.1 Å². The van der Waals surface area contributed by atoms with Crippen LogP contribution in [0.15, 0.2) is 60.7 Å². The second-order valence-electron chi connectivity index (χ2n) is 8.97. The summed E-state index contributed by atoms with van der Waals surface area (Å²) in [4.78, 5) is 24.7. The van der Waals surface area contributed by atoms with Crippen LogP contribution >= 0.6 is 23.2 Å². The summed E-state index contributed by atoms with van der Waals surface area (Å²) in [6, 6.07) is 19.0. The lowest BCUT2D eigenvalue weighted by atomic mass is 9.96. The van der Waals surface area contributed by atoms with E-state index in [1.54, 1.807) is 12.1 Å². The Bertz CT molecular complexity index is 1300. The Labute approximate surface area is 225 Å². The van der Waals surface area contributed by atoms with E-state index in [1.165, 1.54) is 0 Å². The fourth-order valence-electron chi connectivity index (χ4n) is 4.56. The van der Waals surface area contributed by atoms with E-state index in [1.807, 2.05) is 48.5 Å². The van der Waals surface area contributed by atoms with Crippen molar-refractivity contribution < 1.29 is 23.8 Å². The maximum atomic E-state index is 12.3. The van der Waals surface area contributed by atoms with Gasteiger partial charge in [0.1, 0.15) is 12.4 Å². The maximum Gasteiger partial charge on any atom is 0.309 e. The average Bonchev–Trinajstić information content (AvgIpc) is 3.15. The van der Waals surface area contributed by atoms with E-state index in [-0.39, 0.29) is 19.4 Å². The molecule has 1 fully saturated rings. The number of carbonyl (C=O) groups is 2. The van der Waals surface area contributed by atoms with Gasteiger partial charge in [-0.15, -0.1) is 0 Å². The van der Waals surface area contributed by atoms with Crippen LogP contribution in [-0.2, 0) is 44.4 Å². The second kappa shape index (κ2) is 11.0. The summed E-state index contributed by atoms with van der Waals surface area (Å²) in [5.74, 6) is -1.88. The third kappa shape index (κ3) is 5.69. The normalized spacial score (nSPS) is 16.7. The zero-order chi connectivity index (χ0) is 25.8. The standard InChI is InChI=1S/C28H26Cl2N2O5/c29-22-8-7-21-20(12-13-31-17-28(21)36-25(33)10-11-26(34)37-28)27(22)32-15-19-6-9-24(23(30)14-19)35-16-18-4-2-1-3-5-18/h1-9,14,31-32H,10-13,15-17H2. The van der Waals surface area contributed by atoms with Crippen molar-refractivity contribution in [1.29, 1.82) is 0 Å². The highest BCUT2D eigenvalue weighted by atomic mass is 35.5. The fourth-order valence-corrected chi connectivity index (χ4v) is 5.06. The molecule has 3 aromatic carbocycles. The molecule has 7 nitrogen and oxygen atoms in total. The number of esters is 2. The number of benzene rings is 3. The monoisotopic (exact) mass is 540 g/mol. The molecule has 3 aromatic rings. The van der Waals surface area contributed by atoms with Crippen LogP contribution in [0.5, 0.6) is 5.75 Å². The van der Waals surface area contributed by atoms with Gasteiger partial charge in [-0.2, -0.15) is 0 Å². The lowest BCUT2D eigenvalue weighted by molar-refractivity contribution is -0.225. The van der Waals surface area contributed by atoms with Crippen LogP contribution in [-0.4, -0.2) is 25.0 Å². The molecule has 2 N–H and O–H groups in total. The van der Waals surface area contributed by atoms with E-state index in [9.17, 15) is 9.59 Å². The van der Waals surface area contributed by atoms with Crippen LogP contribution in [0, 0.1) is 0 Å². The Morgan fingerprint density at radius 3 is 2.38 bits per heavy atom. The van der Waals surface area contributed by atoms with Crippen molar-refractivity contribution in [2.24, 2.45) is 0 Å². The quantitative estimate of drug-likeness (QED) is 0.407. The highest BCUT2D eigenvalue weighted by Gasteiger charge is 2.46. The minimum atomic E-state index is -1.53. The summed E-state index contributed by atoms with van der Waals surface area (Å²) in [5.41, 5.74) is 4.12. The van der Waals surface area contributed by atoms with Gasteiger partial charge in [0.15, 0.2) is 0 Å². The number of ether oxygens (including phenoxy) is 3. The first kappa shape index (κ1) is 25.4. The van der Waals surface area contributed by atoms with Crippen LogP contribution in [0.25, 0.3) is 0 Å². The molecule has 2 heterocycles. The number of hydrogen-bond donors (Lipinski definition) is 2. The molecule has 5 rings (SSSR count). The van der Waals surface area contributed by atoms with Crippen LogP contribution < -0.4 is 15.4 Å². The Kier molecular flexibility index (Phi) is 7.55. The molecule has 0 radical (unpaired) electrons. The van der Waals surface area contributed by atoms with Crippen LogP contribution in [0.3, 0.4) is 0 Å². The Balaban J connectivity index is 1.36. The minimum absolute atomic E-state index is 0.0135. The number of anilines is 1. The molecule has 0 bridgehead atoms. The third-order valence-electron chi connectivity index (χ3n) is 6.38. The predicted octanol–water partition coefficient (Wildman–Crippen LogP) is 5.36. The van der Waals surface area contributed by atoms with Crippen molar-refractivity contribution in [3.8, 4) is 5.75 Å². The van der Waals surface area contributed by atoms with Crippen molar-refractivity contribution in [3.63, 3.8) is 0 Å². The number of fused-ring (bicyclic) bond motifs is 2. The van der Waals surface area contributed by atoms with E-state index in [0.717, 1.165) is 16.7 Å². The molecule has 9 heteroatoms. The smallest absolute Gasteiger partial charge is 0.309 e. The zero-order valence-corrected chi connectivity index (χ0v) is 21.5. The molecule has 0 amide bonds.